The number of nitrogens with zero attached hydrogens (tertiary/aromatic N) is 1. The van der Waals surface area contributed by atoms with Crippen molar-refractivity contribution >= 4 is 29.2 Å². The summed E-state index contributed by atoms with van der Waals surface area (Å²) in [5, 5.41) is 1.61. The Morgan fingerprint density at radius 1 is 1.88 bits per heavy atom. The number of aldehydes is 1. The van der Waals surface area contributed by atoms with Gasteiger partial charge in [-0.3, -0.25) is 4.79 Å². The summed E-state index contributed by atoms with van der Waals surface area (Å²) in [6, 6.07) is 0. The Morgan fingerprint density at radius 3 is 2.88 bits per heavy atom. The van der Waals surface area contributed by atoms with Crippen molar-refractivity contribution < 1.29 is 4.79 Å². The first-order valence-electron chi connectivity index (χ1n) is 1.89. The van der Waals surface area contributed by atoms with Crippen LogP contribution in [0, 0.1) is 0 Å². The Kier molecular flexibility index (Phi) is 1.60. The number of thiazole rings is 1. The van der Waals surface area contributed by atoms with Crippen LogP contribution < -0.4 is 0 Å². The topological polar surface area (TPSA) is 30.0 Å². The number of carbonyl (C=O) groups is 1. The van der Waals surface area contributed by atoms with Crippen molar-refractivity contribution in [1.82, 2.24) is 4.98 Å². The number of hydrogen-bond acceptors (Lipinski definition) is 3. The van der Waals surface area contributed by atoms with Crippen molar-refractivity contribution in [2.24, 2.45) is 0 Å². The van der Waals surface area contributed by atoms with Crippen molar-refractivity contribution in [1.29, 1.82) is 0 Å². The molecule has 0 radical (unpaired) electrons. The maximum Gasteiger partial charge on any atom is 0.184 e. The van der Waals surface area contributed by atoms with Gasteiger partial charge in [-0.1, -0.05) is 11.6 Å². The van der Waals surface area contributed by atoms with Gasteiger partial charge in [-0.2, -0.15) is 0 Å². The highest BCUT2D eigenvalue weighted by molar-refractivity contribution is 7.14. The van der Waals surface area contributed by atoms with Crippen molar-refractivity contribution in [3.05, 3.63) is 15.5 Å². The van der Waals surface area contributed by atoms with Crippen LogP contribution in [0.25, 0.3) is 0 Å². The number of carbonyl (C=O) groups excluding carboxylic acids is 1. The molecule has 0 saturated heterocycles. The number of rotatable bonds is 1. The molecule has 1 heterocycles. The highest BCUT2D eigenvalue weighted by atomic mass is 35.5. The summed E-state index contributed by atoms with van der Waals surface area (Å²) >= 11 is 6.64. The van der Waals surface area contributed by atoms with Crippen LogP contribution in [0.1, 0.15) is 10.5 Å². The SMILES string of the molecule is O=Cc1csc(Cl)n1. The van der Waals surface area contributed by atoms with Gasteiger partial charge in [0.2, 0.25) is 0 Å². The van der Waals surface area contributed by atoms with E-state index in [1.807, 2.05) is 0 Å². The molecule has 0 aliphatic heterocycles. The Labute approximate surface area is 55.1 Å². The normalized spacial score (nSPS) is 9.12. The van der Waals surface area contributed by atoms with Gasteiger partial charge in [0.05, 0.1) is 0 Å². The van der Waals surface area contributed by atoms with Crippen LogP contribution in [0.5, 0.6) is 0 Å². The minimum atomic E-state index is 0.403. The molecule has 0 saturated carbocycles. The predicted octanol–water partition coefficient (Wildman–Crippen LogP) is 1.61. The van der Waals surface area contributed by atoms with Gasteiger partial charge in [0.25, 0.3) is 0 Å². The van der Waals surface area contributed by atoms with Crippen LogP contribution in [-0.2, 0) is 0 Å². The number of hydrogen-bond donors (Lipinski definition) is 0. The molecule has 2 nitrogen and oxygen atoms in total. The van der Waals surface area contributed by atoms with Crippen molar-refractivity contribution in [2.45, 2.75) is 0 Å². The first-order chi connectivity index (χ1) is 3.83. The summed E-state index contributed by atoms with van der Waals surface area (Å²) in [6.45, 7) is 0. The van der Waals surface area contributed by atoms with E-state index in [9.17, 15) is 4.79 Å². The molecular weight excluding hydrogens is 146 g/mol. The van der Waals surface area contributed by atoms with E-state index in [2.05, 4.69) is 4.98 Å². The second-order valence-corrected chi connectivity index (χ2v) is 2.58. The molecule has 0 atom stereocenters. The Morgan fingerprint density at radius 2 is 2.62 bits per heavy atom. The van der Waals surface area contributed by atoms with E-state index in [0.29, 0.717) is 16.4 Å². The van der Waals surface area contributed by atoms with Crippen molar-refractivity contribution in [2.75, 3.05) is 0 Å². The average Bonchev–Trinajstić information content (AvgIpc) is 2.14. The van der Waals surface area contributed by atoms with Gasteiger partial charge in [0.1, 0.15) is 5.69 Å². The predicted molar refractivity (Wildman–Crippen MR) is 32.5 cm³/mol. The van der Waals surface area contributed by atoms with E-state index in [0.717, 1.165) is 0 Å². The van der Waals surface area contributed by atoms with Gasteiger partial charge in [-0.05, 0) is 0 Å². The molecule has 0 spiro atoms. The van der Waals surface area contributed by atoms with Gasteiger partial charge in [-0.25, -0.2) is 4.98 Å². The fourth-order valence-electron chi connectivity index (χ4n) is 0.317. The van der Waals surface area contributed by atoms with Crippen LogP contribution in [0.15, 0.2) is 5.38 Å². The van der Waals surface area contributed by atoms with Crippen molar-refractivity contribution in [3.8, 4) is 0 Å². The third-order valence-corrected chi connectivity index (χ3v) is 1.61. The molecule has 8 heavy (non-hydrogen) atoms. The van der Waals surface area contributed by atoms with E-state index in [1.54, 1.807) is 5.38 Å². The Bertz CT molecular complexity index is 198. The van der Waals surface area contributed by atoms with Crippen LogP contribution in [0.4, 0.5) is 0 Å². The van der Waals surface area contributed by atoms with Crippen LogP contribution in [0.2, 0.25) is 4.47 Å². The van der Waals surface area contributed by atoms with Crippen LogP contribution >= 0.6 is 22.9 Å². The molecule has 42 valence electrons. The maximum atomic E-state index is 9.91. The molecule has 1 rings (SSSR count). The lowest BCUT2D eigenvalue weighted by molar-refractivity contribution is 0.111. The third-order valence-electron chi connectivity index (χ3n) is 0.615. The summed E-state index contributed by atoms with van der Waals surface area (Å²) < 4.78 is 0.409. The van der Waals surface area contributed by atoms with Crippen LogP contribution in [0.3, 0.4) is 0 Å². The minimum Gasteiger partial charge on any atom is -0.296 e. The lowest BCUT2D eigenvalue weighted by Gasteiger charge is -1.68. The molecule has 0 aliphatic rings. The minimum absolute atomic E-state index is 0.403. The zero-order valence-corrected chi connectivity index (χ0v) is 5.37. The summed E-state index contributed by atoms with van der Waals surface area (Å²) in [5.74, 6) is 0. The summed E-state index contributed by atoms with van der Waals surface area (Å²) in [5.41, 5.74) is 0.403. The smallest absolute Gasteiger partial charge is 0.184 e. The first-order valence-corrected chi connectivity index (χ1v) is 3.15. The van der Waals surface area contributed by atoms with E-state index in [1.165, 1.54) is 11.3 Å². The van der Waals surface area contributed by atoms with Gasteiger partial charge in [0.15, 0.2) is 10.8 Å². The zero-order valence-electron chi connectivity index (χ0n) is 3.80. The van der Waals surface area contributed by atoms with Gasteiger partial charge >= 0.3 is 0 Å². The van der Waals surface area contributed by atoms with E-state index in [4.69, 9.17) is 11.6 Å². The van der Waals surface area contributed by atoms with Gasteiger partial charge in [0, 0.05) is 5.38 Å². The number of aromatic nitrogens is 1. The Balaban J connectivity index is 3.00. The lowest BCUT2D eigenvalue weighted by atomic mass is 10.6. The molecule has 1 aromatic heterocycles. The summed E-state index contributed by atoms with van der Waals surface area (Å²) in [4.78, 5) is 13.6. The molecule has 0 fully saturated rings. The maximum absolute atomic E-state index is 9.91. The van der Waals surface area contributed by atoms with E-state index in [-0.39, 0.29) is 0 Å². The Hall–Kier alpha value is -0.410. The molecule has 0 amide bonds. The quantitative estimate of drug-likeness (QED) is 0.565. The summed E-state index contributed by atoms with van der Waals surface area (Å²) in [7, 11) is 0. The fraction of sp³-hybridized carbons (Fsp3) is 0. The van der Waals surface area contributed by atoms with Crippen molar-refractivity contribution in [3.63, 3.8) is 0 Å². The largest absolute Gasteiger partial charge is 0.296 e. The molecule has 0 aliphatic carbocycles. The molecule has 0 aromatic carbocycles. The molecule has 1 aromatic rings. The molecule has 0 bridgehead atoms. The lowest BCUT2D eigenvalue weighted by Crippen LogP contribution is -1.73. The van der Waals surface area contributed by atoms with E-state index >= 15 is 0 Å². The second-order valence-electron chi connectivity index (χ2n) is 1.14. The second kappa shape index (κ2) is 2.24. The molecular formula is C4H2ClNOS. The third kappa shape index (κ3) is 1.05. The fourth-order valence-corrected chi connectivity index (χ4v) is 1.03. The van der Waals surface area contributed by atoms with Gasteiger partial charge in [-0.15, -0.1) is 11.3 Å². The average molecular weight is 148 g/mol. The molecule has 0 unspecified atom stereocenters. The van der Waals surface area contributed by atoms with Crippen LogP contribution in [-0.4, -0.2) is 11.3 Å². The standard InChI is InChI=1S/C4H2ClNOS/c5-4-6-3(1-7)2-8-4/h1-2H. The molecule has 4 heteroatoms. The first kappa shape index (κ1) is 5.72. The van der Waals surface area contributed by atoms with E-state index < -0.39 is 0 Å². The molecule has 0 N–H and O–H groups in total. The highest BCUT2D eigenvalue weighted by Gasteiger charge is 1.93. The zero-order chi connectivity index (χ0) is 5.98. The number of halogens is 1. The van der Waals surface area contributed by atoms with Gasteiger partial charge < -0.3 is 0 Å². The monoisotopic (exact) mass is 147 g/mol. The highest BCUT2D eigenvalue weighted by Crippen LogP contribution is 2.12. The summed E-state index contributed by atoms with van der Waals surface area (Å²) in [6.07, 6.45) is 0.669.